The van der Waals surface area contributed by atoms with Gasteiger partial charge in [-0.1, -0.05) is 33.2 Å². The van der Waals surface area contributed by atoms with Gasteiger partial charge >= 0.3 is 0 Å². The minimum absolute atomic E-state index is 0.439. The first-order valence-electron chi connectivity index (χ1n) is 7.71. The molecule has 0 N–H and O–H groups in total. The highest BCUT2D eigenvalue weighted by Gasteiger charge is 2.14. The van der Waals surface area contributed by atoms with Gasteiger partial charge in [-0.3, -0.25) is 0 Å². The van der Waals surface area contributed by atoms with Crippen LogP contribution in [0.5, 0.6) is 11.5 Å². The predicted molar refractivity (Wildman–Crippen MR) is 95.2 cm³/mol. The zero-order valence-corrected chi connectivity index (χ0v) is 15.0. The summed E-state index contributed by atoms with van der Waals surface area (Å²) in [6.07, 6.45) is 0. The molecule has 0 spiro atoms. The first kappa shape index (κ1) is 16.5. The molecule has 0 radical (unpaired) electrons. The molecule has 5 nitrogen and oxygen atoms in total. The third-order valence-corrected chi connectivity index (χ3v) is 3.79. The fourth-order valence-electron chi connectivity index (χ4n) is 2.27. The van der Waals surface area contributed by atoms with E-state index in [1.54, 1.807) is 0 Å². The van der Waals surface area contributed by atoms with Crippen LogP contribution in [0.15, 0.2) is 51.5 Å². The van der Waals surface area contributed by atoms with Crippen LogP contribution in [-0.2, 0) is 0 Å². The molecule has 24 heavy (non-hydrogen) atoms. The Hall–Kier alpha value is -2.34. The molecular weight excluding hydrogens is 372 g/mol. The second-order valence-electron chi connectivity index (χ2n) is 4.96. The van der Waals surface area contributed by atoms with Crippen LogP contribution in [-0.4, -0.2) is 23.4 Å². The molecule has 1 heterocycles. The van der Waals surface area contributed by atoms with Gasteiger partial charge in [-0.2, -0.15) is 4.98 Å². The van der Waals surface area contributed by atoms with Crippen molar-refractivity contribution in [1.82, 2.24) is 10.1 Å². The van der Waals surface area contributed by atoms with Crippen LogP contribution in [0.1, 0.15) is 13.8 Å². The third-order valence-electron chi connectivity index (χ3n) is 3.30. The molecule has 0 bridgehead atoms. The summed E-state index contributed by atoms with van der Waals surface area (Å²) in [7, 11) is 0. The molecule has 3 aromatic rings. The molecule has 6 heteroatoms. The molecule has 0 unspecified atom stereocenters. The van der Waals surface area contributed by atoms with Gasteiger partial charge in [0.1, 0.15) is 0 Å². The van der Waals surface area contributed by atoms with E-state index in [1.165, 1.54) is 0 Å². The Labute approximate surface area is 148 Å². The normalized spacial score (nSPS) is 10.6. The van der Waals surface area contributed by atoms with E-state index >= 15 is 0 Å². The molecular formula is C18H17BrN2O3. The van der Waals surface area contributed by atoms with Crippen molar-refractivity contribution in [3.8, 4) is 34.3 Å². The van der Waals surface area contributed by atoms with E-state index in [4.69, 9.17) is 14.0 Å². The highest BCUT2D eigenvalue weighted by molar-refractivity contribution is 9.10. The van der Waals surface area contributed by atoms with Gasteiger partial charge in [0.25, 0.3) is 5.89 Å². The van der Waals surface area contributed by atoms with Crippen molar-refractivity contribution >= 4 is 15.9 Å². The average Bonchev–Trinajstić information content (AvgIpc) is 3.07. The van der Waals surface area contributed by atoms with E-state index in [9.17, 15) is 0 Å². The Morgan fingerprint density at radius 1 is 0.958 bits per heavy atom. The number of aromatic nitrogens is 2. The maximum atomic E-state index is 5.64. The lowest BCUT2D eigenvalue weighted by Crippen LogP contribution is -1.98. The molecule has 124 valence electrons. The van der Waals surface area contributed by atoms with E-state index in [2.05, 4.69) is 26.1 Å². The van der Waals surface area contributed by atoms with Crippen molar-refractivity contribution in [2.24, 2.45) is 0 Å². The van der Waals surface area contributed by atoms with Gasteiger partial charge in [-0.25, -0.2) is 0 Å². The summed E-state index contributed by atoms with van der Waals surface area (Å²) >= 11 is 3.44. The average molecular weight is 389 g/mol. The molecule has 0 saturated carbocycles. The first-order chi connectivity index (χ1) is 11.7. The lowest BCUT2D eigenvalue weighted by Gasteiger charge is -2.11. The molecule has 0 aliphatic rings. The van der Waals surface area contributed by atoms with E-state index in [0.29, 0.717) is 36.4 Å². The standard InChI is InChI=1S/C18H17BrN2O3/c1-3-22-15-9-8-13(11-16(15)23-4-2)18-20-17(21-24-18)12-6-5-7-14(19)10-12/h5-11H,3-4H2,1-2H3. The topological polar surface area (TPSA) is 57.4 Å². The van der Waals surface area contributed by atoms with Crippen molar-refractivity contribution in [3.63, 3.8) is 0 Å². The van der Waals surface area contributed by atoms with Crippen molar-refractivity contribution in [2.45, 2.75) is 13.8 Å². The summed E-state index contributed by atoms with van der Waals surface area (Å²) < 4.78 is 17.6. The SMILES string of the molecule is CCOc1ccc(-c2nc(-c3cccc(Br)c3)no2)cc1OCC. The minimum Gasteiger partial charge on any atom is -0.490 e. The van der Waals surface area contributed by atoms with Crippen LogP contribution in [0.25, 0.3) is 22.8 Å². The van der Waals surface area contributed by atoms with Gasteiger partial charge in [0.15, 0.2) is 11.5 Å². The van der Waals surface area contributed by atoms with Crippen molar-refractivity contribution in [3.05, 3.63) is 46.9 Å². The quantitative estimate of drug-likeness (QED) is 0.596. The molecule has 0 atom stereocenters. The summed E-state index contributed by atoms with van der Waals surface area (Å²) in [4.78, 5) is 4.47. The van der Waals surface area contributed by atoms with E-state index in [0.717, 1.165) is 15.6 Å². The van der Waals surface area contributed by atoms with E-state index in [1.807, 2.05) is 56.3 Å². The van der Waals surface area contributed by atoms with Crippen molar-refractivity contribution in [1.29, 1.82) is 0 Å². The van der Waals surface area contributed by atoms with Crippen molar-refractivity contribution < 1.29 is 14.0 Å². The number of halogens is 1. The molecule has 0 aliphatic carbocycles. The maximum Gasteiger partial charge on any atom is 0.258 e. The summed E-state index contributed by atoms with van der Waals surface area (Å²) in [5.41, 5.74) is 1.67. The van der Waals surface area contributed by atoms with Crippen molar-refractivity contribution in [2.75, 3.05) is 13.2 Å². The summed E-state index contributed by atoms with van der Waals surface area (Å²) in [6, 6.07) is 13.3. The van der Waals surface area contributed by atoms with E-state index < -0.39 is 0 Å². The molecule has 3 rings (SSSR count). The van der Waals surface area contributed by atoms with Crippen LogP contribution < -0.4 is 9.47 Å². The largest absolute Gasteiger partial charge is 0.490 e. The molecule has 0 amide bonds. The Kier molecular flexibility index (Phi) is 5.15. The summed E-state index contributed by atoms with van der Waals surface area (Å²) in [6.45, 7) is 5.00. The van der Waals surface area contributed by atoms with Crippen LogP contribution in [0.4, 0.5) is 0 Å². The third kappa shape index (κ3) is 3.59. The van der Waals surface area contributed by atoms with Crippen LogP contribution in [0.2, 0.25) is 0 Å². The molecule has 0 saturated heterocycles. The second-order valence-corrected chi connectivity index (χ2v) is 5.88. The summed E-state index contributed by atoms with van der Waals surface area (Å²) in [5.74, 6) is 2.35. The lowest BCUT2D eigenvalue weighted by molar-refractivity contribution is 0.288. The number of benzene rings is 2. The minimum atomic E-state index is 0.439. The van der Waals surface area contributed by atoms with Gasteiger partial charge in [-0.15, -0.1) is 0 Å². The number of nitrogens with zero attached hydrogens (tertiary/aromatic N) is 2. The Morgan fingerprint density at radius 3 is 2.50 bits per heavy atom. The predicted octanol–water partition coefficient (Wildman–Crippen LogP) is 4.96. The molecule has 2 aromatic carbocycles. The number of rotatable bonds is 6. The van der Waals surface area contributed by atoms with Gasteiger partial charge in [0.05, 0.1) is 13.2 Å². The number of hydrogen-bond acceptors (Lipinski definition) is 5. The zero-order chi connectivity index (χ0) is 16.9. The van der Waals surface area contributed by atoms with E-state index in [-0.39, 0.29) is 0 Å². The summed E-state index contributed by atoms with van der Waals surface area (Å²) in [5, 5.41) is 4.06. The monoisotopic (exact) mass is 388 g/mol. The smallest absolute Gasteiger partial charge is 0.258 e. The molecule has 1 aromatic heterocycles. The number of hydrogen-bond donors (Lipinski definition) is 0. The second kappa shape index (κ2) is 7.49. The Balaban J connectivity index is 1.93. The van der Waals surface area contributed by atoms with Gasteiger partial charge in [-0.05, 0) is 44.2 Å². The van der Waals surface area contributed by atoms with Crippen LogP contribution in [0, 0.1) is 0 Å². The maximum absolute atomic E-state index is 5.64. The molecule has 0 fully saturated rings. The van der Waals surface area contributed by atoms with Crippen LogP contribution >= 0.6 is 15.9 Å². The molecule has 0 aliphatic heterocycles. The van der Waals surface area contributed by atoms with Gasteiger partial charge in [0, 0.05) is 15.6 Å². The first-order valence-corrected chi connectivity index (χ1v) is 8.50. The van der Waals surface area contributed by atoms with Gasteiger partial charge in [0.2, 0.25) is 5.82 Å². The van der Waals surface area contributed by atoms with Crippen LogP contribution in [0.3, 0.4) is 0 Å². The fourth-order valence-corrected chi connectivity index (χ4v) is 2.67. The lowest BCUT2D eigenvalue weighted by atomic mass is 10.2. The Morgan fingerprint density at radius 2 is 1.75 bits per heavy atom. The zero-order valence-electron chi connectivity index (χ0n) is 13.5. The highest BCUT2D eigenvalue weighted by Crippen LogP contribution is 2.33. The fraction of sp³-hybridized carbons (Fsp3) is 0.222. The van der Waals surface area contributed by atoms with Gasteiger partial charge < -0.3 is 14.0 Å². The highest BCUT2D eigenvalue weighted by atomic mass is 79.9. The number of ether oxygens (including phenoxy) is 2. The Bertz CT molecular complexity index is 833.